The molecule has 0 spiro atoms. The van der Waals surface area contributed by atoms with Crippen molar-refractivity contribution in [3.63, 3.8) is 0 Å². The van der Waals surface area contributed by atoms with E-state index in [1.54, 1.807) is 12.1 Å². The maximum absolute atomic E-state index is 13.2. The first-order valence-corrected chi connectivity index (χ1v) is 9.91. The molecule has 1 N–H and O–H groups in total. The quantitative estimate of drug-likeness (QED) is 0.754. The minimum atomic E-state index is -3.72. The fourth-order valence-electron chi connectivity index (χ4n) is 2.99. The number of ether oxygens (including phenoxy) is 1. The molecule has 9 heteroatoms. The highest BCUT2D eigenvalue weighted by atomic mass is 35.5. The maximum Gasteiger partial charge on any atom is 0.337 e. The Kier molecular flexibility index (Phi) is 7.25. The molecule has 1 heterocycles. The van der Waals surface area contributed by atoms with Crippen LogP contribution in [0.4, 0.5) is 0 Å². The van der Waals surface area contributed by atoms with Gasteiger partial charge in [-0.1, -0.05) is 23.7 Å². The molecule has 0 radical (unpaired) electrons. The average Bonchev–Trinajstić information content (AvgIpc) is 2.67. The van der Waals surface area contributed by atoms with Gasteiger partial charge in [-0.2, -0.15) is 4.31 Å². The second kappa shape index (κ2) is 9.03. The van der Waals surface area contributed by atoms with E-state index in [0.717, 1.165) is 5.56 Å². The number of benzene rings is 2. The number of carbonyl (C=O) groups excluding carboxylic acids is 1. The standard InChI is InChI=1S/C18H19ClN2O4S.ClH/c1-25-18(22)13-5-7-16(8-6-13)26(23,24)21-10-9-20-12-17(21)14-3-2-4-15(19)11-14;/h2-8,11,17,20H,9-10,12H2,1H3;1H. The molecule has 0 amide bonds. The third-order valence-electron chi connectivity index (χ3n) is 4.31. The summed E-state index contributed by atoms with van der Waals surface area (Å²) in [5.74, 6) is -0.507. The molecule has 3 rings (SSSR count). The molecule has 1 aliphatic rings. The molecule has 1 atom stereocenters. The van der Waals surface area contributed by atoms with Gasteiger partial charge < -0.3 is 10.1 Å². The molecule has 2 aromatic carbocycles. The molecule has 0 aliphatic carbocycles. The van der Waals surface area contributed by atoms with Crippen molar-refractivity contribution < 1.29 is 17.9 Å². The Morgan fingerprint density at radius 2 is 1.93 bits per heavy atom. The van der Waals surface area contributed by atoms with Gasteiger partial charge in [0.2, 0.25) is 10.0 Å². The predicted octanol–water partition coefficient (Wildman–Crippen LogP) is 2.88. The molecule has 6 nitrogen and oxygen atoms in total. The van der Waals surface area contributed by atoms with E-state index in [2.05, 4.69) is 10.1 Å². The van der Waals surface area contributed by atoms with E-state index < -0.39 is 16.0 Å². The van der Waals surface area contributed by atoms with Crippen LogP contribution in [0.2, 0.25) is 5.02 Å². The number of rotatable bonds is 4. The lowest BCUT2D eigenvalue weighted by Gasteiger charge is -2.35. The van der Waals surface area contributed by atoms with Crippen LogP contribution in [-0.2, 0) is 14.8 Å². The van der Waals surface area contributed by atoms with Crippen molar-refractivity contribution in [1.29, 1.82) is 0 Å². The Morgan fingerprint density at radius 3 is 2.56 bits per heavy atom. The van der Waals surface area contributed by atoms with Crippen LogP contribution in [-0.4, -0.2) is 45.4 Å². The first kappa shape index (κ1) is 21.7. The normalized spacial score (nSPS) is 17.8. The van der Waals surface area contributed by atoms with Crippen LogP contribution in [0.25, 0.3) is 0 Å². The van der Waals surface area contributed by atoms with Crippen molar-refractivity contribution in [3.8, 4) is 0 Å². The lowest BCUT2D eigenvalue weighted by Crippen LogP contribution is -2.48. The first-order valence-electron chi connectivity index (χ1n) is 8.10. The van der Waals surface area contributed by atoms with E-state index in [1.165, 1.54) is 35.7 Å². The van der Waals surface area contributed by atoms with Crippen LogP contribution in [0.3, 0.4) is 0 Å². The lowest BCUT2D eigenvalue weighted by molar-refractivity contribution is 0.0600. The second-order valence-corrected chi connectivity index (χ2v) is 8.23. The summed E-state index contributed by atoms with van der Waals surface area (Å²) in [6.45, 7) is 1.41. The van der Waals surface area contributed by atoms with Crippen molar-refractivity contribution in [2.45, 2.75) is 10.9 Å². The fourth-order valence-corrected chi connectivity index (χ4v) is 4.80. The first-order chi connectivity index (χ1) is 12.4. The van der Waals surface area contributed by atoms with Gasteiger partial charge in [0.05, 0.1) is 23.6 Å². The molecule has 27 heavy (non-hydrogen) atoms. The van der Waals surface area contributed by atoms with Gasteiger partial charge in [-0.05, 0) is 42.0 Å². The third-order valence-corrected chi connectivity index (χ3v) is 6.47. The Bertz CT molecular complexity index is 904. The number of carbonyl (C=O) groups is 1. The van der Waals surface area contributed by atoms with Crippen LogP contribution in [0.1, 0.15) is 22.0 Å². The van der Waals surface area contributed by atoms with Gasteiger partial charge in [-0.15, -0.1) is 12.4 Å². The van der Waals surface area contributed by atoms with Crippen molar-refractivity contribution in [2.75, 3.05) is 26.7 Å². The lowest BCUT2D eigenvalue weighted by atomic mass is 10.1. The van der Waals surface area contributed by atoms with E-state index in [9.17, 15) is 13.2 Å². The summed E-state index contributed by atoms with van der Waals surface area (Å²) in [4.78, 5) is 11.7. The molecular formula is C18H20Cl2N2O4S. The number of sulfonamides is 1. The molecule has 1 unspecified atom stereocenters. The smallest absolute Gasteiger partial charge is 0.337 e. The van der Waals surface area contributed by atoms with Crippen molar-refractivity contribution in [3.05, 3.63) is 64.7 Å². The Labute approximate surface area is 169 Å². The predicted molar refractivity (Wildman–Crippen MR) is 106 cm³/mol. The van der Waals surface area contributed by atoms with Crippen molar-refractivity contribution in [1.82, 2.24) is 9.62 Å². The fraction of sp³-hybridized carbons (Fsp3) is 0.278. The topological polar surface area (TPSA) is 75.7 Å². The summed E-state index contributed by atoms with van der Waals surface area (Å²) in [5.41, 5.74) is 1.14. The minimum Gasteiger partial charge on any atom is -0.465 e. The monoisotopic (exact) mass is 430 g/mol. The molecular weight excluding hydrogens is 411 g/mol. The van der Waals surface area contributed by atoms with Gasteiger partial charge in [-0.3, -0.25) is 0 Å². The largest absolute Gasteiger partial charge is 0.465 e. The number of hydrogen-bond donors (Lipinski definition) is 1. The maximum atomic E-state index is 13.2. The number of nitrogens with one attached hydrogen (secondary N) is 1. The van der Waals surface area contributed by atoms with Gasteiger partial charge in [0.25, 0.3) is 0 Å². The molecule has 1 fully saturated rings. The summed E-state index contributed by atoms with van der Waals surface area (Å²) < 4.78 is 32.4. The zero-order valence-corrected chi connectivity index (χ0v) is 17.0. The highest BCUT2D eigenvalue weighted by molar-refractivity contribution is 7.89. The molecule has 0 aromatic heterocycles. The van der Waals surface area contributed by atoms with E-state index >= 15 is 0 Å². The van der Waals surface area contributed by atoms with Gasteiger partial charge in [0, 0.05) is 24.7 Å². The molecule has 0 bridgehead atoms. The SMILES string of the molecule is COC(=O)c1ccc(S(=O)(=O)N2CCNCC2c2cccc(Cl)c2)cc1.Cl. The Balaban J connectivity index is 0.00000261. The Hall–Kier alpha value is -1.64. The van der Waals surface area contributed by atoms with E-state index in [1.807, 2.05) is 12.1 Å². The number of piperazine rings is 1. The van der Waals surface area contributed by atoms with Gasteiger partial charge >= 0.3 is 5.97 Å². The zero-order chi connectivity index (χ0) is 18.7. The van der Waals surface area contributed by atoms with E-state index in [0.29, 0.717) is 30.2 Å². The second-order valence-electron chi connectivity index (χ2n) is 5.91. The molecule has 2 aromatic rings. The number of esters is 1. The van der Waals surface area contributed by atoms with Crippen LogP contribution in [0, 0.1) is 0 Å². The minimum absolute atomic E-state index is 0. The van der Waals surface area contributed by atoms with Crippen LogP contribution in [0.15, 0.2) is 53.4 Å². The zero-order valence-electron chi connectivity index (χ0n) is 14.6. The summed E-state index contributed by atoms with van der Waals surface area (Å²) in [7, 11) is -2.44. The van der Waals surface area contributed by atoms with Crippen LogP contribution >= 0.6 is 24.0 Å². The summed E-state index contributed by atoms with van der Waals surface area (Å²) in [6, 6.07) is 12.6. The van der Waals surface area contributed by atoms with Crippen molar-refractivity contribution >= 4 is 40.0 Å². The highest BCUT2D eigenvalue weighted by Gasteiger charge is 2.34. The molecule has 146 valence electrons. The average molecular weight is 431 g/mol. The van der Waals surface area contributed by atoms with Gasteiger partial charge in [0.1, 0.15) is 0 Å². The summed E-state index contributed by atoms with van der Waals surface area (Å²) in [5, 5.41) is 3.79. The van der Waals surface area contributed by atoms with Crippen molar-refractivity contribution in [2.24, 2.45) is 0 Å². The third kappa shape index (κ3) is 4.62. The van der Waals surface area contributed by atoms with Crippen LogP contribution in [0.5, 0.6) is 0 Å². The number of nitrogens with zero attached hydrogens (tertiary/aromatic N) is 1. The van der Waals surface area contributed by atoms with E-state index in [-0.39, 0.29) is 23.3 Å². The molecule has 0 saturated carbocycles. The number of halogens is 2. The molecule has 1 saturated heterocycles. The Morgan fingerprint density at radius 1 is 1.22 bits per heavy atom. The highest BCUT2D eigenvalue weighted by Crippen LogP contribution is 2.30. The van der Waals surface area contributed by atoms with E-state index in [4.69, 9.17) is 11.6 Å². The number of methoxy groups -OCH3 is 1. The van der Waals surface area contributed by atoms with Gasteiger partial charge in [0.15, 0.2) is 0 Å². The van der Waals surface area contributed by atoms with Gasteiger partial charge in [-0.25, -0.2) is 13.2 Å². The number of hydrogen-bond acceptors (Lipinski definition) is 5. The molecule has 1 aliphatic heterocycles. The summed E-state index contributed by atoms with van der Waals surface area (Å²) >= 11 is 6.07. The summed E-state index contributed by atoms with van der Waals surface area (Å²) in [6.07, 6.45) is 0. The van der Waals surface area contributed by atoms with Crippen LogP contribution < -0.4 is 5.32 Å².